The Kier molecular flexibility index (Phi) is 7.47. The molecule has 0 fully saturated rings. The number of hydrogen-bond acceptors (Lipinski definition) is 5. The molecule has 0 aliphatic carbocycles. The van der Waals surface area contributed by atoms with Crippen LogP contribution < -0.4 is 16.4 Å². The van der Waals surface area contributed by atoms with Crippen LogP contribution in [0.4, 0.5) is 11.4 Å². The van der Waals surface area contributed by atoms with Crippen LogP contribution in [0.1, 0.15) is 57.1 Å². The summed E-state index contributed by atoms with van der Waals surface area (Å²) in [6.07, 6.45) is 0.806. The highest BCUT2D eigenvalue weighted by molar-refractivity contribution is 9.10. The van der Waals surface area contributed by atoms with Gasteiger partial charge in [-0.15, -0.1) is 11.3 Å². The summed E-state index contributed by atoms with van der Waals surface area (Å²) in [5.41, 5.74) is 12.3. The first kappa shape index (κ1) is 25.9. The second-order valence-corrected chi connectivity index (χ2v) is 10.9. The Morgan fingerprint density at radius 1 is 1.08 bits per heavy atom. The molecule has 0 aliphatic rings. The number of aromatic nitrogens is 1. The lowest BCUT2D eigenvalue weighted by Crippen LogP contribution is -2.31. The molecule has 2 heterocycles. The van der Waals surface area contributed by atoms with E-state index < -0.39 is 0 Å². The Morgan fingerprint density at radius 2 is 1.78 bits per heavy atom. The Hall–Kier alpha value is -3.23. The van der Waals surface area contributed by atoms with Crippen molar-refractivity contribution in [3.63, 3.8) is 0 Å². The van der Waals surface area contributed by atoms with E-state index in [-0.39, 0.29) is 17.9 Å². The zero-order chi connectivity index (χ0) is 26.1. The molecule has 0 aliphatic heterocycles. The molecule has 2 aromatic heterocycles. The molecule has 1 atom stereocenters. The van der Waals surface area contributed by atoms with Gasteiger partial charge in [-0.05, 0) is 63.4 Å². The predicted octanol–water partition coefficient (Wildman–Crippen LogP) is 7.01. The Balaban J connectivity index is 1.93. The number of anilines is 2. The van der Waals surface area contributed by atoms with Crippen molar-refractivity contribution in [3.05, 3.63) is 74.2 Å². The quantitative estimate of drug-likeness (QED) is 0.234. The molecule has 0 saturated heterocycles. The zero-order valence-electron chi connectivity index (χ0n) is 21.0. The highest BCUT2D eigenvalue weighted by atomic mass is 79.9. The fraction of sp³-hybridized carbons (Fsp3) is 0.250. The van der Waals surface area contributed by atoms with Gasteiger partial charge in [-0.25, -0.2) is 4.98 Å². The molecule has 4 rings (SSSR count). The van der Waals surface area contributed by atoms with E-state index in [0.717, 1.165) is 33.3 Å². The molecule has 186 valence electrons. The minimum Gasteiger partial charge on any atom is -0.397 e. The van der Waals surface area contributed by atoms with Gasteiger partial charge in [0.05, 0.1) is 16.9 Å². The third-order valence-corrected chi connectivity index (χ3v) is 7.87. The average molecular weight is 566 g/mol. The van der Waals surface area contributed by atoms with Crippen molar-refractivity contribution in [3.8, 4) is 11.1 Å². The maximum atomic E-state index is 13.7. The van der Waals surface area contributed by atoms with Gasteiger partial charge >= 0.3 is 0 Å². The SMILES string of the molecule is CCC(C)NC(=O)c1sc2nc(C)c(C(=O)Nc3ccc(C)cc3C)c(-c3ccc(Br)cc3)c2c1N. The van der Waals surface area contributed by atoms with Crippen LogP contribution in [0.2, 0.25) is 0 Å². The highest BCUT2D eigenvalue weighted by Crippen LogP contribution is 2.42. The minimum absolute atomic E-state index is 0.0156. The lowest BCUT2D eigenvalue weighted by atomic mass is 9.94. The molecule has 0 radical (unpaired) electrons. The molecule has 8 heteroatoms. The van der Waals surface area contributed by atoms with E-state index in [1.54, 1.807) is 0 Å². The van der Waals surface area contributed by atoms with Gasteiger partial charge in [0.15, 0.2) is 0 Å². The van der Waals surface area contributed by atoms with Crippen LogP contribution >= 0.6 is 27.3 Å². The van der Waals surface area contributed by atoms with Gasteiger partial charge in [-0.3, -0.25) is 9.59 Å². The van der Waals surface area contributed by atoms with Crippen molar-refractivity contribution in [1.29, 1.82) is 0 Å². The van der Waals surface area contributed by atoms with Crippen molar-refractivity contribution in [2.75, 3.05) is 11.1 Å². The van der Waals surface area contributed by atoms with Crippen LogP contribution in [0, 0.1) is 20.8 Å². The van der Waals surface area contributed by atoms with Gasteiger partial charge in [-0.1, -0.05) is 52.7 Å². The number of nitrogen functional groups attached to an aromatic ring is 1. The summed E-state index contributed by atoms with van der Waals surface area (Å²) in [7, 11) is 0. The fourth-order valence-corrected chi connectivity index (χ4v) is 5.47. The molecular weight excluding hydrogens is 536 g/mol. The van der Waals surface area contributed by atoms with Crippen LogP contribution in [0.5, 0.6) is 0 Å². The molecule has 6 nitrogen and oxygen atoms in total. The van der Waals surface area contributed by atoms with Crippen molar-refractivity contribution < 1.29 is 9.59 Å². The number of carbonyl (C=O) groups excluding carboxylic acids is 2. The van der Waals surface area contributed by atoms with E-state index in [1.165, 1.54) is 11.3 Å². The number of nitrogens with one attached hydrogen (secondary N) is 2. The molecule has 0 spiro atoms. The molecule has 2 aromatic carbocycles. The van der Waals surface area contributed by atoms with Crippen molar-refractivity contribution in [1.82, 2.24) is 10.3 Å². The lowest BCUT2D eigenvalue weighted by Gasteiger charge is -2.16. The lowest BCUT2D eigenvalue weighted by molar-refractivity contribution is 0.0943. The van der Waals surface area contributed by atoms with E-state index in [1.807, 2.05) is 77.1 Å². The predicted molar refractivity (Wildman–Crippen MR) is 153 cm³/mol. The van der Waals surface area contributed by atoms with Crippen molar-refractivity contribution in [2.24, 2.45) is 0 Å². The van der Waals surface area contributed by atoms with Crippen LogP contribution in [0.25, 0.3) is 21.3 Å². The third-order valence-electron chi connectivity index (χ3n) is 6.24. The topological polar surface area (TPSA) is 97.1 Å². The van der Waals surface area contributed by atoms with Gasteiger partial charge in [0.25, 0.3) is 11.8 Å². The van der Waals surface area contributed by atoms with Crippen molar-refractivity contribution in [2.45, 2.75) is 47.1 Å². The fourth-order valence-electron chi connectivity index (χ4n) is 4.15. The summed E-state index contributed by atoms with van der Waals surface area (Å²) in [5.74, 6) is -0.506. The number of benzene rings is 2. The zero-order valence-corrected chi connectivity index (χ0v) is 23.4. The summed E-state index contributed by atoms with van der Waals surface area (Å²) in [5, 5.41) is 6.67. The van der Waals surface area contributed by atoms with Crippen LogP contribution in [0.15, 0.2) is 46.9 Å². The normalized spacial score (nSPS) is 11.9. The summed E-state index contributed by atoms with van der Waals surface area (Å²) in [6, 6.07) is 13.6. The van der Waals surface area contributed by atoms with E-state index in [2.05, 4.69) is 26.6 Å². The monoisotopic (exact) mass is 564 g/mol. The number of rotatable bonds is 6. The highest BCUT2D eigenvalue weighted by Gasteiger charge is 2.27. The first-order valence-corrected chi connectivity index (χ1v) is 13.4. The van der Waals surface area contributed by atoms with Crippen LogP contribution in [-0.2, 0) is 0 Å². The van der Waals surface area contributed by atoms with Gasteiger partial charge < -0.3 is 16.4 Å². The van der Waals surface area contributed by atoms with E-state index in [9.17, 15) is 9.59 Å². The van der Waals surface area contributed by atoms with Crippen molar-refractivity contribution >= 4 is 60.7 Å². The average Bonchev–Trinajstić information content (AvgIpc) is 3.16. The Morgan fingerprint density at radius 3 is 2.42 bits per heavy atom. The number of amides is 2. The maximum Gasteiger partial charge on any atom is 0.263 e. The molecule has 0 bridgehead atoms. The van der Waals surface area contributed by atoms with Gasteiger partial charge in [-0.2, -0.15) is 0 Å². The van der Waals surface area contributed by atoms with E-state index in [4.69, 9.17) is 10.7 Å². The molecule has 4 aromatic rings. The number of carbonyl (C=O) groups is 2. The summed E-state index contributed by atoms with van der Waals surface area (Å²) in [4.78, 5) is 32.5. The molecule has 2 amide bonds. The first-order chi connectivity index (χ1) is 17.1. The largest absolute Gasteiger partial charge is 0.397 e. The Labute approximate surface area is 223 Å². The number of nitrogens with two attached hydrogens (primary N) is 1. The molecule has 0 saturated carbocycles. The second-order valence-electron chi connectivity index (χ2n) is 9.03. The third kappa shape index (κ3) is 5.01. The molecule has 1 unspecified atom stereocenters. The summed E-state index contributed by atoms with van der Waals surface area (Å²) >= 11 is 4.74. The van der Waals surface area contributed by atoms with Gasteiger partial charge in [0, 0.05) is 27.2 Å². The maximum absolute atomic E-state index is 13.7. The Bertz CT molecular complexity index is 1480. The number of hydrogen-bond donors (Lipinski definition) is 3. The second kappa shape index (κ2) is 10.4. The van der Waals surface area contributed by atoms with Gasteiger partial charge in [0.1, 0.15) is 9.71 Å². The van der Waals surface area contributed by atoms with Gasteiger partial charge in [0.2, 0.25) is 0 Å². The minimum atomic E-state index is -0.275. The summed E-state index contributed by atoms with van der Waals surface area (Å²) < 4.78 is 0.918. The number of halogens is 1. The van der Waals surface area contributed by atoms with Crippen LogP contribution in [-0.4, -0.2) is 22.8 Å². The first-order valence-electron chi connectivity index (χ1n) is 11.8. The number of pyridine rings is 1. The number of thiophene rings is 1. The molecule has 36 heavy (non-hydrogen) atoms. The number of fused-ring (bicyclic) bond motifs is 1. The number of nitrogens with zero attached hydrogens (tertiary/aromatic N) is 1. The standard InChI is InChI=1S/C28H29BrN4O2S/c1-6-16(4)31-27(35)25-24(30)23-22(18-8-10-19(29)11-9-18)21(17(5)32-28(23)36-25)26(34)33-20-12-7-14(2)13-15(20)3/h7-13,16H,6,30H2,1-5H3,(H,31,35)(H,33,34). The molecular formula is C28H29BrN4O2S. The smallest absolute Gasteiger partial charge is 0.263 e. The van der Waals surface area contributed by atoms with Crippen LogP contribution in [0.3, 0.4) is 0 Å². The summed E-state index contributed by atoms with van der Waals surface area (Å²) in [6.45, 7) is 9.75. The molecule has 4 N–H and O–H groups in total. The van der Waals surface area contributed by atoms with E-state index >= 15 is 0 Å². The number of aryl methyl sites for hydroxylation is 3. The van der Waals surface area contributed by atoms with E-state index in [0.29, 0.717) is 37.6 Å².